The second kappa shape index (κ2) is 6.72. The third-order valence-electron chi connectivity index (χ3n) is 3.90. The summed E-state index contributed by atoms with van der Waals surface area (Å²) < 4.78 is 13.7. The molecule has 128 valence electrons. The maximum Gasteiger partial charge on any atom is 0.256 e. The monoisotopic (exact) mass is 341 g/mol. The Hall–Kier alpha value is -3.22. The van der Waals surface area contributed by atoms with E-state index in [0.29, 0.717) is 11.3 Å². The Labute approximate surface area is 143 Å². The lowest BCUT2D eigenvalue weighted by molar-refractivity contribution is -0.121. The van der Waals surface area contributed by atoms with E-state index >= 15 is 0 Å². The molecule has 3 amide bonds. The number of halogens is 1. The predicted molar refractivity (Wildman–Crippen MR) is 90.8 cm³/mol. The molecule has 7 heteroatoms. The van der Waals surface area contributed by atoms with Crippen LogP contribution in [-0.2, 0) is 9.59 Å². The summed E-state index contributed by atoms with van der Waals surface area (Å²) in [5.74, 6) is -1.79. The van der Waals surface area contributed by atoms with Gasteiger partial charge >= 0.3 is 0 Å². The summed E-state index contributed by atoms with van der Waals surface area (Å²) in [7, 11) is 1.53. The molecule has 1 N–H and O–H groups in total. The van der Waals surface area contributed by atoms with Gasteiger partial charge in [-0.2, -0.15) is 0 Å². The van der Waals surface area contributed by atoms with Crippen molar-refractivity contribution in [3.63, 3.8) is 0 Å². The van der Waals surface area contributed by atoms with Gasteiger partial charge < -0.3 is 15.1 Å². The fraction of sp³-hybridized carbons (Fsp3) is 0.167. The molecular weight excluding hydrogens is 325 g/mol. The van der Waals surface area contributed by atoms with Gasteiger partial charge in [-0.15, -0.1) is 0 Å². The van der Waals surface area contributed by atoms with Crippen LogP contribution in [0.2, 0.25) is 0 Å². The van der Waals surface area contributed by atoms with Gasteiger partial charge in [0.05, 0.1) is 16.9 Å². The normalized spacial score (nSPS) is 14.2. The number of carbonyl (C=O) groups excluding carboxylic acids is 3. The molecule has 1 aliphatic heterocycles. The molecule has 0 bridgehead atoms. The van der Waals surface area contributed by atoms with E-state index in [0.717, 1.165) is 0 Å². The van der Waals surface area contributed by atoms with Crippen LogP contribution in [0.15, 0.2) is 48.5 Å². The number of rotatable bonds is 3. The summed E-state index contributed by atoms with van der Waals surface area (Å²) in [6.45, 7) is -0.453. The van der Waals surface area contributed by atoms with E-state index in [1.807, 2.05) is 0 Å². The first-order valence-electron chi connectivity index (χ1n) is 7.66. The number of hydrogen-bond acceptors (Lipinski definition) is 3. The molecule has 0 atom stereocenters. The SMILES string of the molecule is CN1CC(=O)N(CC(=O)Nc2ccccc2F)c2ccccc2C1=O. The minimum absolute atomic E-state index is 0.0382. The van der Waals surface area contributed by atoms with Gasteiger partial charge in [-0.25, -0.2) is 4.39 Å². The molecule has 0 aliphatic carbocycles. The number of hydrogen-bond donors (Lipinski definition) is 1. The van der Waals surface area contributed by atoms with Crippen LogP contribution < -0.4 is 10.2 Å². The van der Waals surface area contributed by atoms with Crippen molar-refractivity contribution in [2.75, 3.05) is 30.4 Å². The van der Waals surface area contributed by atoms with Crippen molar-refractivity contribution in [3.05, 3.63) is 59.9 Å². The highest BCUT2D eigenvalue weighted by Gasteiger charge is 2.30. The van der Waals surface area contributed by atoms with Gasteiger partial charge in [0.2, 0.25) is 11.8 Å². The smallest absolute Gasteiger partial charge is 0.256 e. The maximum atomic E-state index is 13.7. The summed E-state index contributed by atoms with van der Waals surface area (Å²) in [5, 5.41) is 2.45. The Kier molecular flexibility index (Phi) is 4.47. The molecule has 6 nitrogen and oxygen atoms in total. The van der Waals surface area contributed by atoms with E-state index in [4.69, 9.17) is 0 Å². The average Bonchev–Trinajstić information content (AvgIpc) is 2.68. The Morgan fingerprint density at radius 1 is 1.12 bits per heavy atom. The van der Waals surface area contributed by atoms with Gasteiger partial charge in [0.25, 0.3) is 5.91 Å². The van der Waals surface area contributed by atoms with Crippen LogP contribution in [0, 0.1) is 5.82 Å². The molecule has 0 saturated heterocycles. The molecule has 0 saturated carbocycles. The van der Waals surface area contributed by atoms with Crippen molar-refractivity contribution in [2.45, 2.75) is 0 Å². The van der Waals surface area contributed by atoms with Crippen LogP contribution in [0.3, 0.4) is 0 Å². The van der Waals surface area contributed by atoms with Gasteiger partial charge in [0.1, 0.15) is 18.9 Å². The van der Waals surface area contributed by atoms with Crippen LogP contribution in [0.1, 0.15) is 10.4 Å². The van der Waals surface area contributed by atoms with E-state index in [2.05, 4.69) is 5.32 Å². The largest absolute Gasteiger partial charge is 0.332 e. The number of nitrogens with one attached hydrogen (secondary N) is 1. The molecule has 1 heterocycles. The summed E-state index contributed by atoms with van der Waals surface area (Å²) in [6.07, 6.45) is 0. The fourth-order valence-corrected chi connectivity index (χ4v) is 2.66. The van der Waals surface area contributed by atoms with Crippen molar-refractivity contribution in [1.29, 1.82) is 0 Å². The maximum absolute atomic E-state index is 13.7. The highest BCUT2D eigenvalue weighted by Crippen LogP contribution is 2.25. The number of nitrogens with zero attached hydrogens (tertiary/aromatic N) is 2. The topological polar surface area (TPSA) is 69.7 Å². The van der Waals surface area contributed by atoms with E-state index in [-0.39, 0.29) is 30.6 Å². The molecule has 25 heavy (non-hydrogen) atoms. The lowest BCUT2D eigenvalue weighted by Crippen LogP contribution is -2.41. The van der Waals surface area contributed by atoms with E-state index in [9.17, 15) is 18.8 Å². The summed E-state index contributed by atoms with van der Waals surface area (Å²) in [4.78, 5) is 39.6. The minimum atomic E-state index is -0.562. The molecule has 1 aliphatic rings. The Morgan fingerprint density at radius 3 is 2.56 bits per heavy atom. The highest BCUT2D eigenvalue weighted by molar-refractivity contribution is 6.12. The van der Waals surface area contributed by atoms with E-state index in [1.54, 1.807) is 30.3 Å². The van der Waals surface area contributed by atoms with E-state index in [1.165, 1.54) is 35.0 Å². The molecule has 0 radical (unpaired) electrons. The molecule has 0 aromatic heterocycles. The number of likely N-dealkylation sites (N-methyl/N-ethyl adjacent to an activating group) is 1. The minimum Gasteiger partial charge on any atom is -0.332 e. The second-order valence-corrected chi connectivity index (χ2v) is 5.69. The number of anilines is 2. The first-order chi connectivity index (χ1) is 12.0. The summed E-state index contributed by atoms with van der Waals surface area (Å²) >= 11 is 0. The zero-order valence-electron chi connectivity index (χ0n) is 13.5. The third kappa shape index (κ3) is 3.35. The van der Waals surface area contributed by atoms with E-state index < -0.39 is 11.7 Å². The van der Waals surface area contributed by atoms with Gasteiger partial charge in [0, 0.05) is 7.05 Å². The molecule has 0 unspecified atom stereocenters. The van der Waals surface area contributed by atoms with Crippen LogP contribution >= 0.6 is 0 Å². The Balaban J connectivity index is 1.87. The quantitative estimate of drug-likeness (QED) is 0.927. The molecule has 2 aromatic carbocycles. The van der Waals surface area contributed by atoms with Gasteiger partial charge in [0.15, 0.2) is 0 Å². The van der Waals surface area contributed by atoms with Crippen molar-refractivity contribution < 1.29 is 18.8 Å². The van der Waals surface area contributed by atoms with Crippen LogP contribution in [0.5, 0.6) is 0 Å². The highest BCUT2D eigenvalue weighted by atomic mass is 19.1. The first-order valence-corrected chi connectivity index (χ1v) is 7.66. The molecule has 0 fully saturated rings. The number of amides is 3. The number of fused-ring (bicyclic) bond motifs is 1. The number of benzene rings is 2. The Bertz CT molecular complexity index is 853. The van der Waals surface area contributed by atoms with Crippen LogP contribution in [0.4, 0.5) is 15.8 Å². The number of para-hydroxylation sites is 2. The van der Waals surface area contributed by atoms with Gasteiger partial charge in [-0.1, -0.05) is 24.3 Å². The molecular formula is C18H16FN3O3. The predicted octanol–water partition coefficient (Wildman–Crippen LogP) is 1.88. The second-order valence-electron chi connectivity index (χ2n) is 5.69. The van der Waals surface area contributed by atoms with Gasteiger partial charge in [-0.3, -0.25) is 14.4 Å². The van der Waals surface area contributed by atoms with Crippen molar-refractivity contribution >= 4 is 29.1 Å². The van der Waals surface area contributed by atoms with Crippen molar-refractivity contribution in [1.82, 2.24) is 4.90 Å². The van der Waals surface area contributed by atoms with Gasteiger partial charge in [-0.05, 0) is 24.3 Å². The first kappa shape index (κ1) is 16.6. The number of carbonyl (C=O) groups is 3. The average molecular weight is 341 g/mol. The third-order valence-corrected chi connectivity index (χ3v) is 3.90. The lowest BCUT2D eigenvalue weighted by Gasteiger charge is -2.21. The zero-order chi connectivity index (χ0) is 18.0. The molecule has 0 spiro atoms. The summed E-state index contributed by atoms with van der Waals surface area (Å²) in [5.41, 5.74) is 0.747. The van der Waals surface area contributed by atoms with Crippen LogP contribution in [-0.4, -0.2) is 42.8 Å². The molecule has 2 aromatic rings. The standard InChI is InChI=1S/C18H16FN3O3/c1-21-11-17(24)22(15-9-5-2-6-12(15)18(21)25)10-16(23)20-14-8-4-3-7-13(14)19/h2-9H,10-11H2,1H3,(H,20,23). The summed E-state index contributed by atoms with van der Waals surface area (Å²) in [6, 6.07) is 12.4. The van der Waals surface area contributed by atoms with Crippen molar-refractivity contribution in [3.8, 4) is 0 Å². The lowest BCUT2D eigenvalue weighted by atomic mass is 10.1. The molecule has 3 rings (SSSR count). The Morgan fingerprint density at radius 2 is 1.80 bits per heavy atom. The zero-order valence-corrected chi connectivity index (χ0v) is 13.5. The van der Waals surface area contributed by atoms with Crippen LogP contribution in [0.25, 0.3) is 0 Å². The van der Waals surface area contributed by atoms with Crippen molar-refractivity contribution in [2.24, 2.45) is 0 Å². The fourth-order valence-electron chi connectivity index (χ4n) is 2.66.